The minimum Gasteiger partial charge on any atom is -0.507 e. The van der Waals surface area contributed by atoms with Crippen LogP contribution in [0.25, 0.3) is 5.76 Å². The highest BCUT2D eigenvalue weighted by Crippen LogP contribution is 2.43. The van der Waals surface area contributed by atoms with Crippen LogP contribution in [0.5, 0.6) is 17.2 Å². The van der Waals surface area contributed by atoms with Crippen molar-refractivity contribution in [2.24, 2.45) is 0 Å². The molecule has 8 nitrogen and oxygen atoms in total. The Balaban J connectivity index is 1.78. The maximum absolute atomic E-state index is 13.5. The molecule has 0 radical (unpaired) electrons. The van der Waals surface area contributed by atoms with Crippen molar-refractivity contribution in [1.82, 2.24) is 9.80 Å². The van der Waals surface area contributed by atoms with E-state index >= 15 is 0 Å². The molecule has 0 saturated carbocycles. The second-order valence-corrected chi connectivity index (χ2v) is 10.3. The normalized spacial score (nSPS) is 19.7. The predicted molar refractivity (Wildman–Crippen MR) is 155 cm³/mol. The molecule has 2 heterocycles. The SMILES string of the molecule is CCCOc1ccc([C@H]2/C(=C(\O)c3ccc4c(c3)C[C@H](C)O4)C(=O)C(=O)N2CCCN(CC)CC)cc1OCC. The Morgan fingerprint density at radius 3 is 2.52 bits per heavy atom. The lowest BCUT2D eigenvalue weighted by Crippen LogP contribution is -2.33. The molecule has 0 bridgehead atoms. The van der Waals surface area contributed by atoms with E-state index in [9.17, 15) is 14.7 Å². The van der Waals surface area contributed by atoms with E-state index in [-0.39, 0.29) is 17.4 Å². The highest BCUT2D eigenvalue weighted by atomic mass is 16.5. The number of amides is 1. The number of aliphatic hydroxyl groups excluding tert-OH is 1. The summed E-state index contributed by atoms with van der Waals surface area (Å²) in [4.78, 5) is 30.8. The topological polar surface area (TPSA) is 88.5 Å². The summed E-state index contributed by atoms with van der Waals surface area (Å²) in [7, 11) is 0. The van der Waals surface area contributed by atoms with Gasteiger partial charge in [0.1, 0.15) is 17.6 Å². The molecule has 2 aromatic rings. The van der Waals surface area contributed by atoms with Crippen molar-refractivity contribution in [2.45, 2.75) is 66.0 Å². The number of hydrogen-bond donors (Lipinski definition) is 1. The summed E-state index contributed by atoms with van der Waals surface area (Å²) in [5.74, 6) is 0.473. The van der Waals surface area contributed by atoms with Gasteiger partial charge in [0.05, 0.1) is 24.8 Å². The number of Topliss-reactive ketones (excluding diaryl/α,β-unsaturated/α-hetero) is 1. The van der Waals surface area contributed by atoms with Gasteiger partial charge in [-0.1, -0.05) is 26.8 Å². The fourth-order valence-corrected chi connectivity index (χ4v) is 5.48. The molecular weight excluding hydrogens is 508 g/mol. The molecule has 0 spiro atoms. The van der Waals surface area contributed by atoms with Crippen LogP contribution in [0.1, 0.15) is 70.2 Å². The maximum atomic E-state index is 13.5. The molecule has 2 aliphatic rings. The summed E-state index contributed by atoms with van der Waals surface area (Å²) in [6.45, 7) is 14.1. The van der Waals surface area contributed by atoms with Crippen molar-refractivity contribution in [2.75, 3.05) is 39.4 Å². The molecule has 1 N–H and O–H groups in total. The van der Waals surface area contributed by atoms with Crippen LogP contribution < -0.4 is 14.2 Å². The summed E-state index contributed by atoms with van der Waals surface area (Å²) in [5, 5.41) is 11.6. The Morgan fingerprint density at radius 1 is 1.05 bits per heavy atom. The van der Waals surface area contributed by atoms with Gasteiger partial charge >= 0.3 is 0 Å². The van der Waals surface area contributed by atoms with Crippen LogP contribution in [-0.2, 0) is 16.0 Å². The molecule has 2 atom stereocenters. The largest absolute Gasteiger partial charge is 0.507 e. The van der Waals surface area contributed by atoms with Gasteiger partial charge in [-0.05, 0) is 87.8 Å². The summed E-state index contributed by atoms with van der Waals surface area (Å²) in [6, 6.07) is 10.2. The van der Waals surface area contributed by atoms with Crippen LogP contribution in [0.15, 0.2) is 42.0 Å². The lowest BCUT2D eigenvalue weighted by Gasteiger charge is -2.27. The average molecular weight is 551 g/mol. The molecule has 216 valence electrons. The van der Waals surface area contributed by atoms with Crippen molar-refractivity contribution < 1.29 is 28.9 Å². The molecule has 4 rings (SSSR count). The molecule has 40 heavy (non-hydrogen) atoms. The van der Waals surface area contributed by atoms with Crippen LogP contribution >= 0.6 is 0 Å². The first-order chi connectivity index (χ1) is 19.3. The number of fused-ring (bicyclic) bond motifs is 1. The van der Waals surface area contributed by atoms with Crippen molar-refractivity contribution in [3.05, 3.63) is 58.7 Å². The van der Waals surface area contributed by atoms with E-state index in [2.05, 4.69) is 18.7 Å². The first kappa shape index (κ1) is 29.5. The summed E-state index contributed by atoms with van der Waals surface area (Å²) >= 11 is 0. The number of rotatable bonds is 13. The Hall–Kier alpha value is -3.52. The van der Waals surface area contributed by atoms with Gasteiger partial charge in [-0.15, -0.1) is 0 Å². The van der Waals surface area contributed by atoms with Gasteiger partial charge in [-0.3, -0.25) is 9.59 Å². The number of hydrogen-bond acceptors (Lipinski definition) is 7. The second-order valence-electron chi connectivity index (χ2n) is 10.3. The number of ether oxygens (including phenoxy) is 3. The number of aliphatic hydroxyl groups is 1. The van der Waals surface area contributed by atoms with E-state index in [0.29, 0.717) is 48.8 Å². The predicted octanol–water partition coefficient (Wildman–Crippen LogP) is 5.35. The molecule has 2 aliphatic heterocycles. The van der Waals surface area contributed by atoms with Crippen LogP contribution in [0.4, 0.5) is 0 Å². The van der Waals surface area contributed by atoms with E-state index in [0.717, 1.165) is 43.8 Å². The first-order valence-corrected chi connectivity index (χ1v) is 14.5. The molecule has 1 fully saturated rings. The smallest absolute Gasteiger partial charge is 0.295 e. The molecule has 0 aliphatic carbocycles. The van der Waals surface area contributed by atoms with E-state index in [1.165, 1.54) is 0 Å². The van der Waals surface area contributed by atoms with Crippen molar-refractivity contribution in [3.63, 3.8) is 0 Å². The standard InChI is InChI=1S/C32H42N2O6/c1-6-17-39-26-14-11-22(20-27(26)38-9-4)29-28(30(35)23-12-13-25-24(19-23)18-21(5)40-25)31(36)32(37)34(29)16-10-15-33(7-2)8-3/h11-14,19-21,29,35H,6-10,15-18H2,1-5H3/b30-28+/t21-,29-/m0/s1. The summed E-state index contributed by atoms with van der Waals surface area (Å²) in [6.07, 6.45) is 2.32. The minimum absolute atomic E-state index is 0.0502. The fraction of sp³-hybridized carbons (Fsp3) is 0.500. The molecule has 1 saturated heterocycles. The third-order valence-electron chi connectivity index (χ3n) is 7.52. The second kappa shape index (κ2) is 13.2. The zero-order valence-corrected chi connectivity index (χ0v) is 24.4. The maximum Gasteiger partial charge on any atom is 0.295 e. The Kier molecular flexibility index (Phi) is 9.74. The van der Waals surface area contributed by atoms with Gasteiger partial charge in [0.15, 0.2) is 11.5 Å². The minimum atomic E-state index is -0.750. The number of benzene rings is 2. The van der Waals surface area contributed by atoms with Gasteiger partial charge in [0.2, 0.25) is 0 Å². The van der Waals surface area contributed by atoms with Crippen molar-refractivity contribution in [1.29, 1.82) is 0 Å². The van der Waals surface area contributed by atoms with Gasteiger partial charge in [-0.25, -0.2) is 0 Å². The molecule has 0 unspecified atom stereocenters. The number of likely N-dealkylation sites (tertiary alicyclic amines) is 1. The highest BCUT2D eigenvalue weighted by Gasteiger charge is 2.46. The van der Waals surface area contributed by atoms with Crippen molar-refractivity contribution in [3.8, 4) is 17.2 Å². The quantitative estimate of drug-likeness (QED) is 0.204. The van der Waals surface area contributed by atoms with Crippen molar-refractivity contribution >= 4 is 17.4 Å². The van der Waals surface area contributed by atoms with Crippen LogP contribution in [0.3, 0.4) is 0 Å². The van der Waals surface area contributed by atoms with E-state index in [4.69, 9.17) is 14.2 Å². The van der Waals surface area contributed by atoms with Crippen LogP contribution in [0, 0.1) is 0 Å². The Labute approximate surface area is 237 Å². The van der Waals surface area contributed by atoms with Gasteiger partial charge < -0.3 is 29.1 Å². The van der Waals surface area contributed by atoms with Gasteiger partial charge in [0, 0.05) is 18.5 Å². The zero-order chi connectivity index (χ0) is 28.8. The van der Waals surface area contributed by atoms with E-state index in [1.807, 2.05) is 51.1 Å². The Morgan fingerprint density at radius 2 is 1.82 bits per heavy atom. The molecular formula is C32H42N2O6. The molecule has 2 aromatic carbocycles. The summed E-state index contributed by atoms with van der Waals surface area (Å²) in [5.41, 5.74) is 2.24. The van der Waals surface area contributed by atoms with Crippen LogP contribution in [0.2, 0.25) is 0 Å². The monoisotopic (exact) mass is 550 g/mol. The van der Waals surface area contributed by atoms with Gasteiger partial charge in [0.25, 0.3) is 11.7 Å². The van der Waals surface area contributed by atoms with Crippen LogP contribution in [-0.4, -0.2) is 72.1 Å². The molecule has 1 amide bonds. The Bertz CT molecular complexity index is 1250. The third kappa shape index (κ3) is 6.12. The van der Waals surface area contributed by atoms with E-state index < -0.39 is 17.7 Å². The molecule has 0 aromatic heterocycles. The molecule has 8 heteroatoms. The number of carbonyl (C=O) groups excluding carboxylic acids is 2. The fourth-order valence-electron chi connectivity index (χ4n) is 5.48. The number of nitrogens with zero attached hydrogens (tertiary/aromatic N) is 2. The average Bonchev–Trinajstić information content (AvgIpc) is 3.45. The zero-order valence-electron chi connectivity index (χ0n) is 24.4. The third-order valence-corrected chi connectivity index (χ3v) is 7.52. The van der Waals surface area contributed by atoms with E-state index in [1.54, 1.807) is 11.0 Å². The summed E-state index contributed by atoms with van der Waals surface area (Å²) < 4.78 is 17.6. The number of carbonyl (C=O) groups is 2. The lowest BCUT2D eigenvalue weighted by molar-refractivity contribution is -0.140. The van der Waals surface area contributed by atoms with Gasteiger partial charge in [-0.2, -0.15) is 0 Å². The first-order valence-electron chi connectivity index (χ1n) is 14.5. The number of ketones is 1. The highest BCUT2D eigenvalue weighted by molar-refractivity contribution is 6.46. The lowest BCUT2D eigenvalue weighted by atomic mass is 9.94.